The largest absolute Gasteiger partial charge is 0.359 e. The summed E-state index contributed by atoms with van der Waals surface area (Å²) in [4.78, 5) is 5.39. The van der Waals surface area contributed by atoms with E-state index in [4.69, 9.17) is 9.57 Å². The van der Waals surface area contributed by atoms with Gasteiger partial charge in [0.15, 0.2) is 0 Å². The van der Waals surface area contributed by atoms with Crippen LogP contribution in [0.1, 0.15) is 20.8 Å². The van der Waals surface area contributed by atoms with Gasteiger partial charge in [-0.2, -0.15) is 0 Å². The van der Waals surface area contributed by atoms with Crippen LogP contribution >= 0.6 is 0 Å². The highest BCUT2D eigenvalue weighted by atomic mass is 16.7. The third-order valence-electron chi connectivity index (χ3n) is 1.58. The molecule has 1 aliphatic rings. The summed E-state index contributed by atoms with van der Waals surface area (Å²) in [5.74, 6) is 0. The van der Waals surface area contributed by atoms with Crippen LogP contribution in [0.2, 0.25) is 0 Å². The van der Waals surface area contributed by atoms with Crippen molar-refractivity contribution in [2.24, 2.45) is 0 Å². The van der Waals surface area contributed by atoms with Crippen molar-refractivity contribution in [2.45, 2.75) is 26.9 Å². The van der Waals surface area contributed by atoms with Crippen molar-refractivity contribution < 1.29 is 9.57 Å². The average Bonchev–Trinajstić information content (AvgIpc) is 2.26. The van der Waals surface area contributed by atoms with E-state index in [1.54, 1.807) is 5.06 Å². The summed E-state index contributed by atoms with van der Waals surface area (Å²) in [6.07, 6.45) is 2.26. The van der Waals surface area contributed by atoms with Crippen LogP contribution in [0, 0.1) is 0 Å². The molecular weight excluding hydrogens is 142 g/mol. The Hall–Kier alpha value is -0.540. The highest BCUT2D eigenvalue weighted by molar-refractivity contribution is 5.02. The number of ether oxygens (including phenoxy) is 1. The van der Waals surface area contributed by atoms with Crippen molar-refractivity contribution in [1.82, 2.24) is 5.06 Å². The summed E-state index contributed by atoms with van der Waals surface area (Å²) in [6, 6.07) is 0. The molecule has 0 saturated carbocycles. The summed E-state index contributed by atoms with van der Waals surface area (Å²) in [7, 11) is 0. The smallest absolute Gasteiger partial charge is 0.143 e. The van der Waals surface area contributed by atoms with E-state index in [9.17, 15) is 0 Å². The van der Waals surface area contributed by atoms with E-state index < -0.39 is 0 Å². The van der Waals surface area contributed by atoms with Gasteiger partial charge in [-0.05, 0) is 26.8 Å². The van der Waals surface area contributed by atoms with Gasteiger partial charge in [-0.25, -0.2) is 5.06 Å². The number of hydrogen-bond acceptors (Lipinski definition) is 3. The maximum Gasteiger partial charge on any atom is 0.143 e. The molecule has 0 amide bonds. The summed E-state index contributed by atoms with van der Waals surface area (Å²) >= 11 is 0. The van der Waals surface area contributed by atoms with Crippen LogP contribution in [0.15, 0.2) is 11.8 Å². The number of nitrogens with zero attached hydrogens (tertiary/aromatic N) is 1. The zero-order valence-electron chi connectivity index (χ0n) is 7.33. The molecule has 0 aromatic heterocycles. The Balaban J connectivity index is 2.32. The van der Waals surface area contributed by atoms with Crippen LogP contribution in [0.5, 0.6) is 0 Å². The molecule has 1 heterocycles. The van der Waals surface area contributed by atoms with Gasteiger partial charge in [0, 0.05) is 12.3 Å². The highest BCUT2D eigenvalue weighted by Gasteiger charge is 2.17. The van der Waals surface area contributed by atoms with E-state index in [1.807, 2.05) is 20.8 Å². The highest BCUT2D eigenvalue weighted by Crippen LogP contribution is 2.16. The first-order chi connectivity index (χ1) is 5.24. The van der Waals surface area contributed by atoms with Gasteiger partial charge >= 0.3 is 0 Å². The summed E-state index contributed by atoms with van der Waals surface area (Å²) in [6.45, 7) is 7.25. The molecule has 1 atom stereocenters. The fourth-order valence-corrected chi connectivity index (χ4v) is 1.04. The van der Waals surface area contributed by atoms with Gasteiger partial charge in [0.25, 0.3) is 0 Å². The molecule has 1 rings (SSSR count). The second-order valence-electron chi connectivity index (χ2n) is 2.62. The third kappa shape index (κ3) is 2.20. The zero-order valence-corrected chi connectivity index (χ0v) is 7.33. The number of rotatable bonds is 3. The maximum absolute atomic E-state index is 5.39. The molecule has 1 unspecified atom stereocenters. The Morgan fingerprint density at radius 3 is 2.91 bits per heavy atom. The summed E-state index contributed by atoms with van der Waals surface area (Å²) in [5, 5.41) is 1.77. The van der Waals surface area contributed by atoms with Crippen molar-refractivity contribution in [2.75, 3.05) is 13.3 Å². The molecule has 11 heavy (non-hydrogen) atoms. The molecule has 0 fully saturated rings. The quantitative estimate of drug-likeness (QED) is 0.620. The predicted octanol–water partition coefficient (Wildman–Crippen LogP) is 1.52. The molecule has 0 bridgehead atoms. The van der Waals surface area contributed by atoms with E-state index in [2.05, 4.69) is 6.08 Å². The summed E-state index contributed by atoms with van der Waals surface area (Å²) < 4.78 is 5.20. The second kappa shape index (κ2) is 3.74. The van der Waals surface area contributed by atoms with Gasteiger partial charge in [-0.1, -0.05) is 0 Å². The first-order valence-corrected chi connectivity index (χ1v) is 3.94. The topological polar surface area (TPSA) is 21.7 Å². The molecule has 0 aromatic carbocycles. The molecule has 64 valence electrons. The molecule has 0 spiro atoms. The molecule has 0 radical (unpaired) electrons. The molecule has 1 aliphatic heterocycles. The molecule has 3 heteroatoms. The number of hydrogen-bond donors (Lipinski definition) is 0. The molecular formula is C8H15NO2. The van der Waals surface area contributed by atoms with Crippen molar-refractivity contribution in [1.29, 1.82) is 0 Å². The lowest BCUT2D eigenvalue weighted by Gasteiger charge is -2.18. The lowest BCUT2D eigenvalue weighted by atomic mass is 10.3. The van der Waals surface area contributed by atoms with E-state index in [1.165, 1.54) is 0 Å². The first kappa shape index (κ1) is 8.56. The predicted molar refractivity (Wildman–Crippen MR) is 42.6 cm³/mol. The van der Waals surface area contributed by atoms with E-state index in [0.717, 1.165) is 12.3 Å². The lowest BCUT2D eigenvalue weighted by Crippen LogP contribution is -2.22. The van der Waals surface area contributed by atoms with Gasteiger partial charge < -0.3 is 4.74 Å². The van der Waals surface area contributed by atoms with E-state index in [-0.39, 0.29) is 6.10 Å². The second-order valence-corrected chi connectivity index (χ2v) is 2.62. The molecule has 0 saturated heterocycles. The van der Waals surface area contributed by atoms with Crippen LogP contribution in [0.25, 0.3) is 0 Å². The van der Waals surface area contributed by atoms with Crippen LogP contribution in [0.4, 0.5) is 0 Å². The zero-order chi connectivity index (χ0) is 8.27. The Morgan fingerprint density at radius 1 is 1.73 bits per heavy atom. The number of hydroxylamine groups is 2. The van der Waals surface area contributed by atoms with Crippen LogP contribution in [-0.4, -0.2) is 24.5 Å². The van der Waals surface area contributed by atoms with Gasteiger partial charge in [0.05, 0.1) is 0 Å². The Labute approximate surface area is 67.5 Å². The van der Waals surface area contributed by atoms with Crippen molar-refractivity contribution >= 4 is 0 Å². The van der Waals surface area contributed by atoms with Gasteiger partial charge in [0.1, 0.15) is 12.8 Å². The summed E-state index contributed by atoms with van der Waals surface area (Å²) in [5.41, 5.74) is 1.13. The minimum absolute atomic E-state index is 0.190. The Bertz CT molecular complexity index is 156. The normalized spacial score (nSPS) is 24.1. The lowest BCUT2D eigenvalue weighted by molar-refractivity contribution is -0.181. The molecule has 0 aliphatic carbocycles. The van der Waals surface area contributed by atoms with Crippen LogP contribution in [-0.2, 0) is 9.57 Å². The van der Waals surface area contributed by atoms with Crippen molar-refractivity contribution in [3.63, 3.8) is 0 Å². The third-order valence-corrected chi connectivity index (χ3v) is 1.58. The number of allylic oxidation sites excluding steroid dienone is 1. The average molecular weight is 157 g/mol. The van der Waals surface area contributed by atoms with Crippen molar-refractivity contribution in [3.8, 4) is 0 Å². The molecule has 3 nitrogen and oxygen atoms in total. The first-order valence-electron chi connectivity index (χ1n) is 3.94. The van der Waals surface area contributed by atoms with Crippen LogP contribution < -0.4 is 0 Å². The fraction of sp³-hybridized carbons (Fsp3) is 0.750. The Morgan fingerprint density at radius 2 is 2.45 bits per heavy atom. The fourth-order valence-electron chi connectivity index (χ4n) is 1.04. The Kier molecular flexibility index (Phi) is 2.91. The maximum atomic E-state index is 5.39. The van der Waals surface area contributed by atoms with E-state index in [0.29, 0.717) is 6.73 Å². The van der Waals surface area contributed by atoms with Gasteiger partial charge in [0.2, 0.25) is 0 Å². The minimum Gasteiger partial charge on any atom is -0.359 e. The monoisotopic (exact) mass is 157 g/mol. The van der Waals surface area contributed by atoms with Crippen LogP contribution in [0.3, 0.4) is 0 Å². The van der Waals surface area contributed by atoms with E-state index >= 15 is 0 Å². The molecule has 0 N–H and O–H groups in total. The minimum atomic E-state index is 0.190. The molecule has 0 aromatic rings. The SMILES string of the molecule is CCOCN1OC(C)C=C1C. The van der Waals surface area contributed by atoms with Gasteiger partial charge in [-0.15, -0.1) is 0 Å². The van der Waals surface area contributed by atoms with Gasteiger partial charge in [-0.3, -0.25) is 4.84 Å². The standard InChI is InChI=1S/C8H15NO2/c1-4-10-6-9-7(2)5-8(3)11-9/h5,8H,4,6H2,1-3H3. The van der Waals surface area contributed by atoms with Crippen molar-refractivity contribution in [3.05, 3.63) is 11.8 Å².